The summed E-state index contributed by atoms with van der Waals surface area (Å²) in [6, 6.07) is 5.87. The second-order valence-electron chi connectivity index (χ2n) is 3.55. The third-order valence-electron chi connectivity index (χ3n) is 2.25. The maximum atomic E-state index is 12.6. The van der Waals surface area contributed by atoms with Gasteiger partial charge in [0.05, 0.1) is 5.56 Å². The number of benzene rings is 1. The molecule has 0 aliphatic rings. The van der Waals surface area contributed by atoms with Crippen LogP contribution in [0.2, 0.25) is 5.02 Å². The molecule has 0 saturated heterocycles. The molecule has 0 aliphatic carbocycles. The van der Waals surface area contributed by atoms with Gasteiger partial charge in [0.2, 0.25) is 0 Å². The third-order valence-corrected chi connectivity index (χ3v) is 2.47. The zero-order valence-corrected chi connectivity index (χ0v) is 9.55. The number of rotatable bonds is 2. The molecule has 1 heterocycles. The van der Waals surface area contributed by atoms with Crippen LogP contribution in [-0.4, -0.2) is 6.29 Å². The zero-order valence-electron chi connectivity index (χ0n) is 8.79. The molecule has 1 aromatic heterocycles. The number of carbonyl (C=O) groups is 1. The largest absolute Gasteiger partial charge is 0.453 e. The molecule has 0 unspecified atom stereocenters. The number of alkyl halides is 3. The molecular formula is C12H6ClF3O2. The zero-order chi connectivity index (χ0) is 13.3. The van der Waals surface area contributed by atoms with Gasteiger partial charge in [0.1, 0.15) is 5.76 Å². The number of carbonyl (C=O) groups excluding carboxylic acids is 1. The van der Waals surface area contributed by atoms with Crippen molar-refractivity contribution in [3.05, 3.63) is 46.7 Å². The van der Waals surface area contributed by atoms with Crippen molar-refractivity contribution in [1.82, 2.24) is 0 Å². The Morgan fingerprint density at radius 1 is 1.17 bits per heavy atom. The molecule has 0 atom stereocenters. The fourth-order valence-corrected chi connectivity index (χ4v) is 1.70. The van der Waals surface area contributed by atoms with Gasteiger partial charge in [-0.25, -0.2) is 0 Å². The standard InChI is InChI=1S/C12H6ClF3O2/c13-9-4-7(3-8(5-9)12(14,15)16)11-2-1-10(6-17)18-11/h1-6H. The minimum Gasteiger partial charge on any atom is -0.453 e. The highest BCUT2D eigenvalue weighted by molar-refractivity contribution is 6.30. The van der Waals surface area contributed by atoms with Crippen molar-refractivity contribution in [2.45, 2.75) is 6.18 Å². The summed E-state index contributed by atoms with van der Waals surface area (Å²) in [6.07, 6.45) is -4.02. The minimum absolute atomic E-state index is 0.0403. The van der Waals surface area contributed by atoms with Crippen LogP contribution in [0.15, 0.2) is 34.7 Å². The SMILES string of the molecule is O=Cc1ccc(-c2cc(Cl)cc(C(F)(F)F)c2)o1. The average Bonchev–Trinajstić information content (AvgIpc) is 2.75. The molecule has 0 bridgehead atoms. The van der Waals surface area contributed by atoms with Gasteiger partial charge >= 0.3 is 6.18 Å². The summed E-state index contributed by atoms with van der Waals surface area (Å²) >= 11 is 5.64. The van der Waals surface area contributed by atoms with Gasteiger partial charge in [-0.15, -0.1) is 0 Å². The molecule has 0 aliphatic heterocycles. The molecular weight excluding hydrogens is 269 g/mol. The van der Waals surface area contributed by atoms with E-state index in [1.807, 2.05) is 0 Å². The first-order valence-electron chi connectivity index (χ1n) is 4.83. The van der Waals surface area contributed by atoms with Crippen LogP contribution in [0, 0.1) is 0 Å². The fraction of sp³-hybridized carbons (Fsp3) is 0.0833. The first-order chi connectivity index (χ1) is 8.40. The van der Waals surface area contributed by atoms with Crippen LogP contribution in [0.1, 0.15) is 16.1 Å². The molecule has 0 spiro atoms. The number of hydrogen-bond acceptors (Lipinski definition) is 2. The Labute approximate surface area is 105 Å². The molecule has 94 valence electrons. The first kappa shape index (κ1) is 12.7. The summed E-state index contributed by atoms with van der Waals surface area (Å²) in [6.45, 7) is 0. The Bertz CT molecular complexity index is 587. The van der Waals surface area contributed by atoms with Gasteiger partial charge in [-0.1, -0.05) is 11.6 Å². The lowest BCUT2D eigenvalue weighted by molar-refractivity contribution is -0.137. The lowest BCUT2D eigenvalue weighted by Gasteiger charge is -2.08. The number of aldehydes is 1. The van der Waals surface area contributed by atoms with E-state index >= 15 is 0 Å². The Kier molecular flexibility index (Phi) is 3.17. The second kappa shape index (κ2) is 4.49. The lowest BCUT2D eigenvalue weighted by Crippen LogP contribution is -2.04. The van der Waals surface area contributed by atoms with Gasteiger partial charge in [0.25, 0.3) is 0 Å². The maximum Gasteiger partial charge on any atom is 0.416 e. The molecule has 0 radical (unpaired) electrons. The van der Waals surface area contributed by atoms with E-state index in [2.05, 4.69) is 0 Å². The molecule has 2 aromatic rings. The van der Waals surface area contributed by atoms with Crippen molar-refractivity contribution in [3.63, 3.8) is 0 Å². The van der Waals surface area contributed by atoms with Crippen LogP contribution < -0.4 is 0 Å². The highest BCUT2D eigenvalue weighted by atomic mass is 35.5. The summed E-state index contributed by atoms with van der Waals surface area (Å²) in [7, 11) is 0. The predicted molar refractivity (Wildman–Crippen MR) is 59.5 cm³/mol. The van der Waals surface area contributed by atoms with E-state index in [0.29, 0.717) is 6.29 Å². The van der Waals surface area contributed by atoms with E-state index in [1.165, 1.54) is 18.2 Å². The summed E-state index contributed by atoms with van der Waals surface area (Å²) in [5.41, 5.74) is -0.697. The monoisotopic (exact) mass is 274 g/mol. The summed E-state index contributed by atoms with van der Waals surface area (Å²) in [5.74, 6) is 0.198. The van der Waals surface area contributed by atoms with Gasteiger partial charge in [-0.3, -0.25) is 4.79 Å². The maximum absolute atomic E-state index is 12.6. The van der Waals surface area contributed by atoms with Crippen molar-refractivity contribution in [2.75, 3.05) is 0 Å². The molecule has 2 rings (SSSR count). The van der Waals surface area contributed by atoms with Crippen LogP contribution in [0.25, 0.3) is 11.3 Å². The van der Waals surface area contributed by atoms with Crippen LogP contribution in [0.4, 0.5) is 13.2 Å². The van der Waals surface area contributed by atoms with Crippen molar-refractivity contribution >= 4 is 17.9 Å². The lowest BCUT2D eigenvalue weighted by atomic mass is 10.1. The average molecular weight is 275 g/mol. The van der Waals surface area contributed by atoms with Gasteiger partial charge < -0.3 is 4.42 Å². The molecule has 0 saturated carbocycles. The number of halogens is 4. The highest BCUT2D eigenvalue weighted by Gasteiger charge is 2.31. The van der Waals surface area contributed by atoms with Crippen molar-refractivity contribution in [2.24, 2.45) is 0 Å². The summed E-state index contributed by atoms with van der Waals surface area (Å²) in [4.78, 5) is 10.4. The van der Waals surface area contributed by atoms with Crippen LogP contribution in [0.3, 0.4) is 0 Å². The molecule has 2 nitrogen and oxygen atoms in total. The van der Waals surface area contributed by atoms with Crippen LogP contribution >= 0.6 is 11.6 Å². The predicted octanol–water partition coefficient (Wildman–Crippen LogP) is 4.43. The molecule has 0 N–H and O–H groups in total. The van der Waals surface area contributed by atoms with E-state index in [-0.39, 0.29) is 22.1 Å². The van der Waals surface area contributed by atoms with Gasteiger partial charge in [-0.2, -0.15) is 13.2 Å². The van der Waals surface area contributed by atoms with Crippen molar-refractivity contribution < 1.29 is 22.4 Å². The molecule has 18 heavy (non-hydrogen) atoms. The molecule has 6 heteroatoms. The topological polar surface area (TPSA) is 30.2 Å². The summed E-state index contributed by atoms with van der Waals surface area (Å²) in [5, 5.41) is -0.0520. The van der Waals surface area contributed by atoms with Crippen LogP contribution in [0.5, 0.6) is 0 Å². The van der Waals surface area contributed by atoms with E-state index in [9.17, 15) is 18.0 Å². The molecule has 0 fully saturated rings. The highest BCUT2D eigenvalue weighted by Crippen LogP contribution is 2.35. The minimum atomic E-state index is -4.49. The third kappa shape index (κ3) is 2.56. The van der Waals surface area contributed by atoms with E-state index in [4.69, 9.17) is 16.0 Å². The smallest absolute Gasteiger partial charge is 0.416 e. The van der Waals surface area contributed by atoms with E-state index < -0.39 is 11.7 Å². The van der Waals surface area contributed by atoms with Gasteiger partial charge in [0, 0.05) is 10.6 Å². The second-order valence-corrected chi connectivity index (χ2v) is 3.98. The van der Waals surface area contributed by atoms with Gasteiger partial charge in [0.15, 0.2) is 12.0 Å². The summed E-state index contributed by atoms with van der Waals surface area (Å²) < 4.78 is 42.8. The normalized spacial score (nSPS) is 11.6. The Morgan fingerprint density at radius 3 is 2.44 bits per heavy atom. The van der Waals surface area contributed by atoms with Crippen molar-refractivity contribution in [1.29, 1.82) is 0 Å². The number of furan rings is 1. The fourth-order valence-electron chi connectivity index (χ4n) is 1.47. The van der Waals surface area contributed by atoms with Gasteiger partial charge in [-0.05, 0) is 30.3 Å². The number of hydrogen-bond donors (Lipinski definition) is 0. The molecule has 0 amide bonds. The Morgan fingerprint density at radius 2 is 1.89 bits per heavy atom. The molecule has 1 aromatic carbocycles. The Balaban J connectivity index is 2.51. The first-order valence-corrected chi connectivity index (χ1v) is 5.21. The quantitative estimate of drug-likeness (QED) is 0.758. The Hall–Kier alpha value is -1.75. The van der Waals surface area contributed by atoms with Crippen molar-refractivity contribution in [3.8, 4) is 11.3 Å². The van der Waals surface area contributed by atoms with E-state index in [1.54, 1.807) is 0 Å². The van der Waals surface area contributed by atoms with E-state index in [0.717, 1.165) is 12.1 Å². The van der Waals surface area contributed by atoms with Crippen LogP contribution in [-0.2, 0) is 6.18 Å².